The molecule has 1 aliphatic heterocycles. The maximum absolute atomic E-state index is 12.9. The van der Waals surface area contributed by atoms with Crippen LogP contribution in [0.5, 0.6) is 0 Å². The van der Waals surface area contributed by atoms with Crippen molar-refractivity contribution in [2.24, 2.45) is 5.92 Å². The summed E-state index contributed by atoms with van der Waals surface area (Å²) in [6, 6.07) is 8.02. The molecule has 1 unspecified atom stereocenters. The number of hydrogen-bond donors (Lipinski definition) is 1. The molecule has 1 aromatic carbocycles. The van der Waals surface area contributed by atoms with Crippen LogP contribution < -0.4 is 5.32 Å². The number of carbonyl (C=O) groups is 2. The van der Waals surface area contributed by atoms with Gasteiger partial charge in [0.05, 0.1) is 0 Å². The highest BCUT2D eigenvalue weighted by atomic mass is 16.2. The Kier molecular flexibility index (Phi) is 5.34. The van der Waals surface area contributed by atoms with E-state index in [4.69, 9.17) is 0 Å². The number of likely N-dealkylation sites (tertiary alicyclic amines) is 1. The minimum absolute atomic E-state index is 0.158. The van der Waals surface area contributed by atoms with Gasteiger partial charge in [0.1, 0.15) is 0 Å². The Labute approximate surface area is 143 Å². The van der Waals surface area contributed by atoms with Gasteiger partial charge < -0.3 is 10.2 Å². The summed E-state index contributed by atoms with van der Waals surface area (Å²) >= 11 is 0. The molecule has 24 heavy (non-hydrogen) atoms. The fraction of sp³-hybridized carbons (Fsp3) is 0.500. The molecule has 2 fully saturated rings. The summed E-state index contributed by atoms with van der Waals surface area (Å²) in [5.41, 5.74) is 1.73. The fourth-order valence-corrected chi connectivity index (χ4v) is 4.07. The summed E-state index contributed by atoms with van der Waals surface area (Å²) in [7, 11) is 0. The van der Waals surface area contributed by atoms with Crippen LogP contribution in [0.3, 0.4) is 0 Å². The summed E-state index contributed by atoms with van der Waals surface area (Å²) in [6.45, 7) is 4.77. The Bertz CT molecular complexity index is 603. The number of carbonyl (C=O) groups excluding carboxylic acids is 2. The van der Waals surface area contributed by atoms with Crippen molar-refractivity contribution in [3.8, 4) is 0 Å². The number of nitrogens with one attached hydrogen (secondary N) is 1. The average molecular weight is 326 g/mol. The molecule has 1 N–H and O–H groups in total. The lowest BCUT2D eigenvalue weighted by Crippen LogP contribution is -2.39. The molecule has 0 aromatic heterocycles. The lowest BCUT2D eigenvalue weighted by atomic mass is 9.95. The minimum atomic E-state index is -0.188. The second-order valence-electron chi connectivity index (χ2n) is 6.87. The SMILES string of the molecule is C=CC(=O)NCc1ccc(C(=O)N2CCCC2C2CCCC2)cc1. The molecule has 0 spiro atoms. The van der Waals surface area contributed by atoms with Gasteiger partial charge in [0, 0.05) is 24.7 Å². The van der Waals surface area contributed by atoms with Crippen molar-refractivity contribution in [3.63, 3.8) is 0 Å². The van der Waals surface area contributed by atoms with Crippen molar-refractivity contribution < 1.29 is 9.59 Å². The molecule has 4 nitrogen and oxygen atoms in total. The van der Waals surface area contributed by atoms with Crippen LogP contribution in [0.1, 0.15) is 54.4 Å². The molecule has 2 amide bonds. The van der Waals surface area contributed by atoms with Crippen LogP contribution in [0.25, 0.3) is 0 Å². The number of benzene rings is 1. The average Bonchev–Trinajstić information content (AvgIpc) is 3.30. The molecule has 0 bridgehead atoms. The van der Waals surface area contributed by atoms with Gasteiger partial charge in [-0.05, 0) is 55.4 Å². The first kappa shape index (κ1) is 16.7. The van der Waals surface area contributed by atoms with Crippen LogP contribution in [-0.2, 0) is 11.3 Å². The van der Waals surface area contributed by atoms with Crippen molar-refractivity contribution >= 4 is 11.8 Å². The van der Waals surface area contributed by atoms with E-state index in [1.807, 2.05) is 24.3 Å². The number of hydrogen-bond acceptors (Lipinski definition) is 2. The highest BCUT2D eigenvalue weighted by Gasteiger charge is 2.36. The van der Waals surface area contributed by atoms with E-state index in [2.05, 4.69) is 16.8 Å². The summed E-state index contributed by atoms with van der Waals surface area (Å²) in [6.07, 6.45) is 8.71. The van der Waals surface area contributed by atoms with E-state index >= 15 is 0 Å². The van der Waals surface area contributed by atoms with Gasteiger partial charge in [0.2, 0.25) is 5.91 Å². The zero-order chi connectivity index (χ0) is 16.9. The predicted octanol–water partition coefficient (Wildman–Crippen LogP) is 3.28. The van der Waals surface area contributed by atoms with Crippen molar-refractivity contribution in [1.82, 2.24) is 10.2 Å². The highest BCUT2D eigenvalue weighted by Crippen LogP contribution is 2.36. The van der Waals surface area contributed by atoms with Gasteiger partial charge in [-0.3, -0.25) is 9.59 Å². The quantitative estimate of drug-likeness (QED) is 0.844. The van der Waals surface area contributed by atoms with Gasteiger partial charge in [-0.2, -0.15) is 0 Å². The van der Waals surface area contributed by atoms with Crippen LogP contribution in [0.4, 0.5) is 0 Å². The Balaban J connectivity index is 1.63. The van der Waals surface area contributed by atoms with E-state index in [1.165, 1.54) is 31.8 Å². The summed E-state index contributed by atoms with van der Waals surface area (Å²) < 4.78 is 0. The van der Waals surface area contributed by atoms with E-state index in [0.717, 1.165) is 30.5 Å². The van der Waals surface area contributed by atoms with E-state index in [1.54, 1.807) is 0 Å². The van der Waals surface area contributed by atoms with Gasteiger partial charge in [-0.1, -0.05) is 31.6 Å². The third-order valence-corrected chi connectivity index (χ3v) is 5.36. The molecule has 1 saturated heterocycles. The van der Waals surface area contributed by atoms with Crippen molar-refractivity contribution in [3.05, 3.63) is 48.0 Å². The normalized spacial score (nSPS) is 21.0. The molecule has 0 radical (unpaired) electrons. The molecule has 1 aliphatic carbocycles. The minimum Gasteiger partial charge on any atom is -0.348 e. The van der Waals surface area contributed by atoms with Crippen LogP contribution in [0.2, 0.25) is 0 Å². The zero-order valence-corrected chi connectivity index (χ0v) is 14.2. The topological polar surface area (TPSA) is 49.4 Å². The molecule has 128 valence electrons. The molecule has 1 atom stereocenters. The van der Waals surface area contributed by atoms with Gasteiger partial charge in [-0.25, -0.2) is 0 Å². The highest BCUT2D eigenvalue weighted by molar-refractivity contribution is 5.94. The summed E-state index contributed by atoms with van der Waals surface area (Å²) in [4.78, 5) is 26.2. The fourth-order valence-electron chi connectivity index (χ4n) is 4.07. The summed E-state index contributed by atoms with van der Waals surface area (Å²) in [5, 5.41) is 2.74. The third-order valence-electron chi connectivity index (χ3n) is 5.36. The lowest BCUT2D eigenvalue weighted by Gasteiger charge is -2.29. The summed E-state index contributed by atoms with van der Waals surface area (Å²) in [5.74, 6) is 0.669. The predicted molar refractivity (Wildman–Crippen MR) is 94.5 cm³/mol. The van der Waals surface area contributed by atoms with Gasteiger partial charge in [0.15, 0.2) is 0 Å². The van der Waals surface area contributed by atoms with Gasteiger partial charge in [0.25, 0.3) is 5.91 Å². The maximum Gasteiger partial charge on any atom is 0.254 e. The molecule has 4 heteroatoms. The number of amides is 2. The molecule has 2 aliphatic rings. The standard InChI is InChI=1S/C20H26N2O2/c1-2-19(23)21-14-15-9-11-17(12-10-15)20(24)22-13-5-8-18(22)16-6-3-4-7-16/h2,9-12,16,18H,1,3-8,13-14H2,(H,21,23). The number of nitrogens with zero attached hydrogens (tertiary/aromatic N) is 1. The van der Waals surface area contributed by atoms with Crippen molar-refractivity contribution in [2.45, 2.75) is 51.1 Å². The van der Waals surface area contributed by atoms with Gasteiger partial charge >= 0.3 is 0 Å². The van der Waals surface area contributed by atoms with Crippen LogP contribution in [0.15, 0.2) is 36.9 Å². The smallest absolute Gasteiger partial charge is 0.254 e. The Morgan fingerprint density at radius 2 is 1.83 bits per heavy atom. The first-order chi connectivity index (χ1) is 11.7. The lowest BCUT2D eigenvalue weighted by molar-refractivity contribution is -0.116. The Hall–Kier alpha value is -2.10. The molecular formula is C20H26N2O2. The van der Waals surface area contributed by atoms with Crippen LogP contribution in [0, 0.1) is 5.92 Å². The molecule has 1 saturated carbocycles. The van der Waals surface area contributed by atoms with Crippen LogP contribution >= 0.6 is 0 Å². The number of rotatable bonds is 5. The van der Waals surface area contributed by atoms with E-state index < -0.39 is 0 Å². The monoisotopic (exact) mass is 326 g/mol. The zero-order valence-electron chi connectivity index (χ0n) is 14.2. The first-order valence-electron chi connectivity index (χ1n) is 8.99. The second kappa shape index (κ2) is 7.65. The van der Waals surface area contributed by atoms with Gasteiger partial charge in [-0.15, -0.1) is 0 Å². The molecule has 1 heterocycles. The molecule has 1 aromatic rings. The Morgan fingerprint density at radius 3 is 2.50 bits per heavy atom. The van der Waals surface area contributed by atoms with Crippen molar-refractivity contribution in [1.29, 1.82) is 0 Å². The van der Waals surface area contributed by atoms with E-state index in [9.17, 15) is 9.59 Å². The molecular weight excluding hydrogens is 300 g/mol. The van der Waals surface area contributed by atoms with E-state index in [-0.39, 0.29) is 11.8 Å². The molecule has 3 rings (SSSR count). The maximum atomic E-state index is 12.9. The third kappa shape index (κ3) is 3.69. The first-order valence-corrected chi connectivity index (χ1v) is 8.99. The largest absolute Gasteiger partial charge is 0.348 e. The van der Waals surface area contributed by atoms with Crippen molar-refractivity contribution in [2.75, 3.05) is 6.54 Å². The second-order valence-corrected chi connectivity index (χ2v) is 6.87. The Morgan fingerprint density at radius 1 is 1.12 bits per heavy atom. The van der Waals surface area contributed by atoms with Crippen LogP contribution in [-0.4, -0.2) is 29.3 Å². The van der Waals surface area contributed by atoms with E-state index in [0.29, 0.717) is 18.5 Å².